The average molecular weight is 305 g/mol. The van der Waals surface area contributed by atoms with E-state index in [1.165, 1.54) is 11.3 Å². The molecule has 8 heteroatoms. The molecule has 0 saturated carbocycles. The largest absolute Gasteiger partial charge is 0.397 e. The summed E-state index contributed by atoms with van der Waals surface area (Å²) in [6, 6.07) is 1.65. The number of thiophene rings is 1. The first-order valence-electron chi connectivity index (χ1n) is 6.01. The number of rotatable bonds is 7. The van der Waals surface area contributed by atoms with Crippen molar-refractivity contribution in [2.75, 3.05) is 35.6 Å². The van der Waals surface area contributed by atoms with Crippen molar-refractivity contribution in [1.29, 1.82) is 0 Å². The Bertz CT molecular complexity index is 537. The van der Waals surface area contributed by atoms with Crippen LogP contribution in [0.1, 0.15) is 23.5 Å². The van der Waals surface area contributed by atoms with Gasteiger partial charge in [0.2, 0.25) is 0 Å². The molecule has 1 rings (SSSR count). The highest BCUT2D eigenvalue weighted by molar-refractivity contribution is 7.91. The molecule has 0 bridgehead atoms. The van der Waals surface area contributed by atoms with Crippen LogP contribution in [0.15, 0.2) is 6.07 Å². The van der Waals surface area contributed by atoms with Crippen molar-refractivity contribution in [3.63, 3.8) is 0 Å². The molecule has 0 atom stereocenters. The third-order valence-corrected chi connectivity index (χ3v) is 5.27. The molecule has 0 aliphatic carbocycles. The van der Waals surface area contributed by atoms with Gasteiger partial charge in [-0.1, -0.05) is 6.92 Å². The number of hydrogen-bond acceptors (Lipinski definition) is 6. The molecule has 0 fully saturated rings. The van der Waals surface area contributed by atoms with Crippen molar-refractivity contribution >= 4 is 37.8 Å². The fourth-order valence-corrected chi connectivity index (χ4v) is 3.01. The summed E-state index contributed by atoms with van der Waals surface area (Å²) in [6.07, 6.45) is 0. The van der Waals surface area contributed by atoms with Gasteiger partial charge in [0, 0.05) is 18.8 Å². The van der Waals surface area contributed by atoms with Crippen LogP contribution in [0.4, 0.5) is 10.7 Å². The SMILES string of the molecule is CCNC(=O)c1sc(NCCS(=O)(=O)CC)cc1N. The number of sulfone groups is 1. The van der Waals surface area contributed by atoms with Crippen LogP contribution in [0, 0.1) is 0 Å². The highest BCUT2D eigenvalue weighted by atomic mass is 32.2. The van der Waals surface area contributed by atoms with E-state index >= 15 is 0 Å². The number of nitrogen functional groups attached to an aromatic ring is 1. The normalized spacial score (nSPS) is 11.3. The minimum atomic E-state index is -2.99. The summed E-state index contributed by atoms with van der Waals surface area (Å²) >= 11 is 1.22. The van der Waals surface area contributed by atoms with Gasteiger partial charge in [-0.3, -0.25) is 4.79 Å². The van der Waals surface area contributed by atoms with Gasteiger partial charge in [-0.05, 0) is 13.0 Å². The second kappa shape index (κ2) is 6.76. The summed E-state index contributed by atoms with van der Waals surface area (Å²) in [7, 11) is -2.99. The number of nitrogens with one attached hydrogen (secondary N) is 2. The van der Waals surface area contributed by atoms with Gasteiger partial charge in [0.05, 0.1) is 16.4 Å². The number of hydrogen-bond donors (Lipinski definition) is 3. The number of amides is 1. The molecule has 6 nitrogen and oxygen atoms in total. The number of nitrogens with two attached hydrogens (primary N) is 1. The molecule has 0 unspecified atom stereocenters. The molecule has 4 N–H and O–H groups in total. The van der Waals surface area contributed by atoms with Crippen LogP contribution in [0.3, 0.4) is 0 Å². The molecule has 1 aromatic rings. The van der Waals surface area contributed by atoms with E-state index in [1.807, 2.05) is 6.92 Å². The van der Waals surface area contributed by atoms with E-state index in [1.54, 1.807) is 13.0 Å². The van der Waals surface area contributed by atoms with Crippen molar-refractivity contribution < 1.29 is 13.2 Å². The lowest BCUT2D eigenvalue weighted by Crippen LogP contribution is -2.22. The minimum Gasteiger partial charge on any atom is -0.397 e. The molecule has 0 radical (unpaired) electrons. The molecule has 19 heavy (non-hydrogen) atoms. The van der Waals surface area contributed by atoms with Crippen LogP contribution in [-0.4, -0.2) is 38.9 Å². The topological polar surface area (TPSA) is 101 Å². The smallest absolute Gasteiger partial charge is 0.263 e. The molecule has 0 aliphatic heterocycles. The first kappa shape index (κ1) is 15.8. The number of anilines is 2. The van der Waals surface area contributed by atoms with Crippen molar-refractivity contribution in [3.05, 3.63) is 10.9 Å². The molecule has 0 spiro atoms. The zero-order valence-corrected chi connectivity index (χ0v) is 12.7. The van der Waals surface area contributed by atoms with E-state index in [0.717, 1.165) is 0 Å². The molecule has 0 saturated heterocycles. The molecular weight excluding hydrogens is 286 g/mol. The summed E-state index contributed by atoms with van der Waals surface area (Å²) in [5, 5.41) is 6.35. The first-order valence-corrected chi connectivity index (χ1v) is 8.65. The summed E-state index contributed by atoms with van der Waals surface area (Å²) in [6.45, 7) is 4.29. The van der Waals surface area contributed by atoms with Gasteiger partial charge < -0.3 is 16.4 Å². The third-order valence-electron chi connectivity index (χ3n) is 2.46. The Labute approximate surface area is 117 Å². The van der Waals surface area contributed by atoms with E-state index in [-0.39, 0.29) is 17.4 Å². The molecule has 1 aromatic heterocycles. The van der Waals surface area contributed by atoms with Gasteiger partial charge in [0.25, 0.3) is 5.91 Å². The maximum Gasteiger partial charge on any atom is 0.263 e. The van der Waals surface area contributed by atoms with Gasteiger partial charge in [0.15, 0.2) is 9.84 Å². The Morgan fingerprint density at radius 2 is 2.11 bits per heavy atom. The monoisotopic (exact) mass is 305 g/mol. The summed E-state index contributed by atoms with van der Waals surface area (Å²) in [5.74, 6) is -0.0114. The Hall–Kier alpha value is -1.28. The van der Waals surface area contributed by atoms with Crippen molar-refractivity contribution in [1.82, 2.24) is 5.32 Å². The minimum absolute atomic E-state index is 0.0673. The van der Waals surface area contributed by atoms with E-state index in [2.05, 4.69) is 10.6 Å². The van der Waals surface area contributed by atoms with Crippen LogP contribution < -0.4 is 16.4 Å². The molecule has 0 aromatic carbocycles. The van der Waals surface area contributed by atoms with Crippen LogP contribution >= 0.6 is 11.3 Å². The fourth-order valence-electron chi connectivity index (χ4n) is 1.38. The lowest BCUT2D eigenvalue weighted by Gasteiger charge is -2.03. The van der Waals surface area contributed by atoms with Crippen LogP contribution in [-0.2, 0) is 9.84 Å². The highest BCUT2D eigenvalue weighted by Crippen LogP contribution is 2.28. The molecule has 0 aliphatic rings. The molecule has 108 valence electrons. The maximum atomic E-state index is 11.7. The van der Waals surface area contributed by atoms with E-state index in [0.29, 0.717) is 28.7 Å². The Balaban J connectivity index is 2.62. The van der Waals surface area contributed by atoms with Crippen molar-refractivity contribution in [2.24, 2.45) is 0 Å². The quantitative estimate of drug-likeness (QED) is 0.695. The lowest BCUT2D eigenvalue weighted by atomic mass is 10.3. The number of carbonyl (C=O) groups excluding carboxylic acids is 1. The maximum absolute atomic E-state index is 11.7. The van der Waals surface area contributed by atoms with Gasteiger partial charge in [0.1, 0.15) is 4.88 Å². The lowest BCUT2D eigenvalue weighted by molar-refractivity contribution is 0.0960. The van der Waals surface area contributed by atoms with Gasteiger partial charge in [-0.25, -0.2) is 8.42 Å². The fraction of sp³-hybridized carbons (Fsp3) is 0.545. The van der Waals surface area contributed by atoms with Gasteiger partial charge in [-0.15, -0.1) is 11.3 Å². The molecular formula is C11H19N3O3S2. The van der Waals surface area contributed by atoms with E-state index in [4.69, 9.17) is 5.73 Å². The predicted molar refractivity (Wildman–Crippen MR) is 79.6 cm³/mol. The second-order valence-corrected chi connectivity index (χ2v) is 7.44. The zero-order chi connectivity index (χ0) is 14.5. The summed E-state index contributed by atoms with van der Waals surface area (Å²) < 4.78 is 22.7. The Morgan fingerprint density at radius 3 is 2.68 bits per heavy atom. The Morgan fingerprint density at radius 1 is 1.42 bits per heavy atom. The summed E-state index contributed by atoms with van der Waals surface area (Å²) in [5.41, 5.74) is 6.15. The van der Waals surface area contributed by atoms with Crippen LogP contribution in [0.5, 0.6) is 0 Å². The Kier molecular flexibility index (Phi) is 5.61. The van der Waals surface area contributed by atoms with E-state index in [9.17, 15) is 13.2 Å². The van der Waals surface area contributed by atoms with Gasteiger partial charge in [-0.2, -0.15) is 0 Å². The van der Waals surface area contributed by atoms with E-state index < -0.39 is 9.84 Å². The van der Waals surface area contributed by atoms with Crippen molar-refractivity contribution in [3.8, 4) is 0 Å². The summed E-state index contributed by atoms with van der Waals surface area (Å²) in [4.78, 5) is 12.1. The highest BCUT2D eigenvalue weighted by Gasteiger charge is 2.14. The van der Waals surface area contributed by atoms with Crippen LogP contribution in [0.2, 0.25) is 0 Å². The molecule has 1 amide bonds. The second-order valence-electron chi connectivity index (χ2n) is 3.92. The predicted octanol–water partition coefficient (Wildman–Crippen LogP) is 0.927. The van der Waals surface area contributed by atoms with Crippen molar-refractivity contribution in [2.45, 2.75) is 13.8 Å². The molecule has 1 heterocycles. The number of carbonyl (C=O) groups is 1. The third kappa shape index (κ3) is 4.71. The van der Waals surface area contributed by atoms with Crippen LogP contribution in [0.25, 0.3) is 0 Å². The standard InChI is InChI=1S/C11H19N3O3S2/c1-3-13-11(15)10-8(12)7-9(18-10)14-5-6-19(16,17)4-2/h7,14H,3-6,12H2,1-2H3,(H,13,15). The average Bonchev–Trinajstić information content (AvgIpc) is 2.71. The zero-order valence-electron chi connectivity index (χ0n) is 11.0. The van der Waals surface area contributed by atoms with Gasteiger partial charge >= 0.3 is 0 Å². The first-order chi connectivity index (χ1) is 8.89.